The molecule has 0 aliphatic rings. The molecule has 0 heterocycles. The molecule has 0 amide bonds. The molecule has 1 rings (SSSR count). The fourth-order valence-corrected chi connectivity index (χ4v) is 8.88. The van der Waals surface area contributed by atoms with Crippen LogP contribution in [-0.2, 0) is 4.44 Å². The minimum atomic E-state index is -1.63. The van der Waals surface area contributed by atoms with Crippen LogP contribution in [0.2, 0.25) is 4.44 Å². The van der Waals surface area contributed by atoms with E-state index in [1.807, 2.05) is 0 Å². The molecule has 1 aromatic carbocycles. The maximum absolute atomic E-state index is 6.40. The molecule has 1 unspecified atom stereocenters. The molecule has 1 atom stereocenters. The Morgan fingerprint density at radius 2 is 1.92 bits per heavy atom. The fourth-order valence-electron chi connectivity index (χ4n) is 1.40. The first-order valence-electron chi connectivity index (χ1n) is 5.01. The summed E-state index contributed by atoms with van der Waals surface area (Å²) in [6.45, 7) is 2.23. The summed E-state index contributed by atoms with van der Waals surface area (Å²) in [5.41, 5.74) is 1.44. The minimum absolute atomic E-state index is 1.21. The summed E-state index contributed by atoms with van der Waals surface area (Å²) in [5.74, 6) is 0. The second-order valence-electron chi connectivity index (χ2n) is 3.43. The summed E-state index contributed by atoms with van der Waals surface area (Å²) >= 11 is -1.63. The van der Waals surface area contributed by atoms with Crippen LogP contribution in [0.15, 0.2) is 30.3 Å². The van der Waals surface area contributed by atoms with Crippen LogP contribution in [0.3, 0.4) is 0 Å². The summed E-state index contributed by atoms with van der Waals surface area (Å²) in [6, 6.07) is 10.7. The SMILES string of the molecule is CCC[CH2][SnH]([Cl])[CH2]c1ccccc1. The third-order valence-electron chi connectivity index (χ3n) is 2.17. The standard InChI is InChI=1S/C7H7.C4H9.ClH.Sn.H/c1-7-5-3-2-4-6-7;1-3-4-2;;;/h2-6H,1H2;1,3-4H2,2H3;1H;;/q;;;+1;/p-1. The van der Waals surface area contributed by atoms with Gasteiger partial charge in [0.25, 0.3) is 0 Å². The van der Waals surface area contributed by atoms with Gasteiger partial charge in [0.05, 0.1) is 0 Å². The molecule has 0 nitrogen and oxygen atoms in total. The van der Waals surface area contributed by atoms with Crippen molar-refractivity contribution in [1.29, 1.82) is 0 Å². The van der Waals surface area contributed by atoms with E-state index in [-0.39, 0.29) is 0 Å². The van der Waals surface area contributed by atoms with E-state index in [1.165, 1.54) is 27.3 Å². The van der Waals surface area contributed by atoms with E-state index >= 15 is 0 Å². The number of hydrogen-bond donors (Lipinski definition) is 0. The number of halogens is 1. The summed E-state index contributed by atoms with van der Waals surface area (Å²) in [5, 5.41) is 0. The van der Waals surface area contributed by atoms with E-state index in [9.17, 15) is 0 Å². The van der Waals surface area contributed by atoms with Gasteiger partial charge in [-0.15, -0.1) is 0 Å². The fraction of sp³-hybridized carbons (Fsp3) is 0.455. The van der Waals surface area contributed by atoms with Crippen LogP contribution in [-0.4, -0.2) is 18.6 Å². The molecule has 0 bridgehead atoms. The van der Waals surface area contributed by atoms with Gasteiger partial charge in [-0.1, -0.05) is 0 Å². The molecule has 2 heteroatoms. The van der Waals surface area contributed by atoms with Crippen molar-refractivity contribution >= 4 is 27.6 Å². The van der Waals surface area contributed by atoms with Gasteiger partial charge in [-0.25, -0.2) is 0 Å². The molecule has 0 spiro atoms. The summed E-state index contributed by atoms with van der Waals surface area (Å²) in [4.78, 5) is 0. The molecule has 0 aliphatic heterocycles. The Labute approximate surface area is 91.8 Å². The van der Waals surface area contributed by atoms with Crippen molar-refractivity contribution in [3.63, 3.8) is 0 Å². The van der Waals surface area contributed by atoms with E-state index in [2.05, 4.69) is 37.3 Å². The second-order valence-corrected chi connectivity index (χ2v) is 13.8. The van der Waals surface area contributed by atoms with Gasteiger partial charge in [-0.05, 0) is 0 Å². The second kappa shape index (κ2) is 6.72. The first-order valence-corrected chi connectivity index (χ1v) is 13.8. The Balaban J connectivity index is 2.32. The monoisotopic (exact) mass is 304 g/mol. The average Bonchev–Trinajstić information content (AvgIpc) is 2.16. The van der Waals surface area contributed by atoms with Gasteiger partial charge in [0.1, 0.15) is 0 Å². The van der Waals surface area contributed by atoms with Crippen LogP contribution in [0.1, 0.15) is 25.3 Å². The normalized spacial score (nSPS) is 12.8. The number of hydrogen-bond acceptors (Lipinski definition) is 0. The average molecular weight is 303 g/mol. The van der Waals surface area contributed by atoms with Crippen molar-refractivity contribution in [2.45, 2.75) is 28.6 Å². The zero-order chi connectivity index (χ0) is 9.52. The van der Waals surface area contributed by atoms with Crippen molar-refractivity contribution in [2.24, 2.45) is 0 Å². The molecule has 0 radical (unpaired) electrons. The summed E-state index contributed by atoms with van der Waals surface area (Å²) in [7, 11) is 6.40. The molecule has 0 saturated carbocycles. The zero-order valence-corrected chi connectivity index (χ0v) is 12.2. The predicted molar refractivity (Wildman–Crippen MR) is 62.9 cm³/mol. The van der Waals surface area contributed by atoms with Crippen LogP contribution in [0, 0.1) is 0 Å². The Hall–Kier alpha value is 0.309. The van der Waals surface area contributed by atoms with Gasteiger partial charge in [0, 0.05) is 0 Å². The summed E-state index contributed by atoms with van der Waals surface area (Å²) in [6.07, 6.45) is 2.62. The van der Waals surface area contributed by atoms with E-state index in [0.29, 0.717) is 0 Å². The quantitative estimate of drug-likeness (QED) is 0.730. The van der Waals surface area contributed by atoms with Crippen LogP contribution >= 0.6 is 8.92 Å². The number of benzene rings is 1. The third-order valence-corrected chi connectivity index (χ3v) is 10.2. The van der Waals surface area contributed by atoms with Gasteiger partial charge in [-0.2, -0.15) is 0 Å². The molecule has 0 fully saturated rings. The molecule has 72 valence electrons. The van der Waals surface area contributed by atoms with E-state index in [4.69, 9.17) is 8.92 Å². The van der Waals surface area contributed by atoms with Crippen LogP contribution in [0.25, 0.3) is 0 Å². The van der Waals surface area contributed by atoms with Crippen molar-refractivity contribution < 1.29 is 0 Å². The molecule has 0 saturated heterocycles. The molecule has 0 aliphatic carbocycles. The van der Waals surface area contributed by atoms with Crippen molar-refractivity contribution in [3.05, 3.63) is 35.9 Å². The zero-order valence-electron chi connectivity index (χ0n) is 8.17. The predicted octanol–water partition coefficient (Wildman–Crippen LogP) is 3.53. The van der Waals surface area contributed by atoms with Crippen LogP contribution in [0.4, 0.5) is 0 Å². The van der Waals surface area contributed by atoms with Gasteiger partial charge in [-0.3, -0.25) is 0 Å². The van der Waals surface area contributed by atoms with Gasteiger partial charge in [0.2, 0.25) is 0 Å². The molecular weight excluding hydrogens is 286 g/mol. The first kappa shape index (κ1) is 11.4. The maximum atomic E-state index is 6.40. The molecule has 0 aromatic heterocycles. The van der Waals surface area contributed by atoms with Crippen molar-refractivity contribution in [3.8, 4) is 0 Å². The Morgan fingerprint density at radius 1 is 1.23 bits per heavy atom. The molecule has 0 N–H and O–H groups in total. The summed E-state index contributed by atoms with van der Waals surface area (Å²) < 4.78 is 2.55. The van der Waals surface area contributed by atoms with E-state index in [1.54, 1.807) is 0 Å². The van der Waals surface area contributed by atoms with Crippen LogP contribution in [0.5, 0.6) is 0 Å². The van der Waals surface area contributed by atoms with Gasteiger partial charge < -0.3 is 0 Å². The van der Waals surface area contributed by atoms with Crippen LogP contribution < -0.4 is 0 Å². The Kier molecular flexibility index (Phi) is 5.88. The van der Waals surface area contributed by atoms with Crippen molar-refractivity contribution in [2.75, 3.05) is 0 Å². The Morgan fingerprint density at radius 3 is 2.54 bits per heavy atom. The van der Waals surface area contributed by atoms with E-state index in [0.717, 1.165) is 0 Å². The Bertz CT molecular complexity index is 223. The third kappa shape index (κ3) is 4.92. The van der Waals surface area contributed by atoms with Gasteiger partial charge in [0.15, 0.2) is 0 Å². The van der Waals surface area contributed by atoms with Crippen molar-refractivity contribution in [1.82, 2.24) is 0 Å². The molecule has 1 aromatic rings. The molecule has 13 heavy (non-hydrogen) atoms. The molecular formula is C11H17ClSn. The van der Waals surface area contributed by atoms with Gasteiger partial charge >= 0.3 is 92.1 Å². The van der Waals surface area contributed by atoms with E-state index < -0.39 is 18.6 Å². The first-order chi connectivity index (χ1) is 6.33. The number of rotatable bonds is 5. The topological polar surface area (TPSA) is 0 Å². The number of unbranched alkanes of at least 4 members (excludes halogenated alkanes) is 1.